The molecule has 1 unspecified atom stereocenters. The van der Waals surface area contributed by atoms with Crippen LogP contribution in [0.1, 0.15) is 36.1 Å². The molecule has 0 N–H and O–H groups in total. The van der Waals surface area contributed by atoms with Gasteiger partial charge in [0.25, 0.3) is 0 Å². The number of sulfonamides is 1. The molecule has 1 heterocycles. The van der Waals surface area contributed by atoms with E-state index in [1.165, 1.54) is 16.2 Å². The first-order valence-electron chi connectivity index (χ1n) is 7.70. The van der Waals surface area contributed by atoms with Crippen molar-refractivity contribution in [3.05, 3.63) is 71.3 Å². The Balaban J connectivity index is 1.97. The predicted molar refractivity (Wildman–Crippen MR) is 92.8 cm³/mol. The molecular formula is C18H20N2O2S. The molecule has 1 atom stereocenters. The molecule has 0 bridgehead atoms. The molecule has 0 fully saturated rings. The van der Waals surface area contributed by atoms with Crippen LogP contribution in [-0.4, -0.2) is 24.8 Å². The van der Waals surface area contributed by atoms with Crippen LogP contribution in [0.5, 0.6) is 0 Å². The third-order valence-electron chi connectivity index (χ3n) is 4.09. The van der Waals surface area contributed by atoms with Crippen LogP contribution in [-0.2, 0) is 16.4 Å². The van der Waals surface area contributed by atoms with Crippen LogP contribution in [0.3, 0.4) is 0 Å². The normalized spacial score (nSPS) is 18.1. The standard InChI is InChI=1S/C18H20N2O2S/c1-3-14-9-11-15(12-10-14)17-13-18(16-7-5-4-6-8-16)20(19-17)23(2,21)22/h4-12,18H,3,13H2,1-2H3. The highest BCUT2D eigenvalue weighted by molar-refractivity contribution is 7.88. The maximum atomic E-state index is 12.1. The minimum Gasteiger partial charge on any atom is -0.205 e. The summed E-state index contributed by atoms with van der Waals surface area (Å²) in [5.41, 5.74) is 4.01. The molecule has 1 aliphatic heterocycles. The molecule has 0 saturated heterocycles. The van der Waals surface area contributed by atoms with Crippen molar-refractivity contribution < 1.29 is 8.42 Å². The van der Waals surface area contributed by atoms with Crippen LogP contribution in [0, 0.1) is 0 Å². The van der Waals surface area contributed by atoms with Gasteiger partial charge in [-0.25, -0.2) is 8.42 Å². The van der Waals surface area contributed by atoms with Crippen molar-refractivity contribution in [2.45, 2.75) is 25.8 Å². The van der Waals surface area contributed by atoms with Crippen molar-refractivity contribution in [2.75, 3.05) is 6.26 Å². The molecule has 5 heteroatoms. The highest BCUT2D eigenvalue weighted by Crippen LogP contribution is 2.34. The summed E-state index contributed by atoms with van der Waals surface area (Å²) in [6.07, 6.45) is 2.77. The summed E-state index contributed by atoms with van der Waals surface area (Å²) in [6, 6.07) is 17.6. The molecule has 120 valence electrons. The zero-order valence-corrected chi connectivity index (χ0v) is 14.1. The third kappa shape index (κ3) is 3.29. The Labute approximate surface area is 137 Å². The second-order valence-corrected chi connectivity index (χ2v) is 7.60. The number of nitrogens with zero attached hydrogens (tertiary/aromatic N) is 2. The fourth-order valence-corrected chi connectivity index (χ4v) is 3.73. The molecule has 23 heavy (non-hydrogen) atoms. The summed E-state index contributed by atoms with van der Waals surface area (Å²) in [5.74, 6) is 0. The van der Waals surface area contributed by atoms with Crippen molar-refractivity contribution in [3.8, 4) is 0 Å². The van der Waals surface area contributed by atoms with E-state index >= 15 is 0 Å². The number of aryl methyl sites for hydroxylation is 1. The number of rotatable bonds is 4. The van der Waals surface area contributed by atoms with Gasteiger partial charge in [0.1, 0.15) is 0 Å². The van der Waals surface area contributed by atoms with Gasteiger partial charge in [0, 0.05) is 6.42 Å². The lowest BCUT2D eigenvalue weighted by Gasteiger charge is -2.21. The highest BCUT2D eigenvalue weighted by atomic mass is 32.2. The van der Waals surface area contributed by atoms with Gasteiger partial charge in [-0.1, -0.05) is 61.5 Å². The maximum Gasteiger partial charge on any atom is 0.247 e. The minimum absolute atomic E-state index is 0.271. The van der Waals surface area contributed by atoms with Crippen LogP contribution >= 0.6 is 0 Å². The molecule has 0 saturated carbocycles. The van der Waals surface area contributed by atoms with Crippen LogP contribution in [0.4, 0.5) is 0 Å². The molecule has 1 aliphatic rings. The van der Waals surface area contributed by atoms with Gasteiger partial charge in [-0.05, 0) is 23.1 Å². The third-order valence-corrected chi connectivity index (χ3v) is 5.11. The predicted octanol–water partition coefficient (Wildman–Crippen LogP) is 3.36. The molecule has 0 amide bonds. The van der Waals surface area contributed by atoms with Crippen molar-refractivity contribution in [3.63, 3.8) is 0 Å². The average Bonchev–Trinajstić information content (AvgIpc) is 3.01. The summed E-state index contributed by atoms with van der Waals surface area (Å²) in [6.45, 7) is 2.11. The summed E-state index contributed by atoms with van der Waals surface area (Å²) < 4.78 is 25.5. The Bertz CT molecular complexity index is 812. The fourth-order valence-electron chi connectivity index (χ4n) is 2.82. The molecule has 4 nitrogen and oxygen atoms in total. The lowest BCUT2D eigenvalue weighted by molar-refractivity contribution is 0.375. The van der Waals surface area contributed by atoms with E-state index in [0.717, 1.165) is 23.3 Å². The Kier molecular flexibility index (Phi) is 4.22. The summed E-state index contributed by atoms with van der Waals surface area (Å²) in [4.78, 5) is 0. The van der Waals surface area contributed by atoms with Crippen LogP contribution < -0.4 is 0 Å². The zero-order chi connectivity index (χ0) is 16.4. The second-order valence-electron chi connectivity index (χ2n) is 5.76. The van der Waals surface area contributed by atoms with E-state index in [-0.39, 0.29) is 6.04 Å². The van der Waals surface area contributed by atoms with Crippen molar-refractivity contribution in [1.82, 2.24) is 4.41 Å². The molecule has 0 spiro atoms. The number of hydrazone groups is 1. The monoisotopic (exact) mass is 328 g/mol. The first-order valence-corrected chi connectivity index (χ1v) is 9.55. The van der Waals surface area contributed by atoms with Crippen LogP contribution in [0.15, 0.2) is 59.7 Å². The van der Waals surface area contributed by atoms with Gasteiger partial charge >= 0.3 is 0 Å². The van der Waals surface area contributed by atoms with Gasteiger partial charge in [-0.2, -0.15) is 9.52 Å². The van der Waals surface area contributed by atoms with E-state index in [1.807, 2.05) is 42.5 Å². The quantitative estimate of drug-likeness (QED) is 0.864. The van der Waals surface area contributed by atoms with Crippen LogP contribution in [0.25, 0.3) is 0 Å². The first-order chi connectivity index (χ1) is 11.0. The van der Waals surface area contributed by atoms with E-state index in [2.05, 4.69) is 24.2 Å². The van der Waals surface area contributed by atoms with Gasteiger partial charge in [0.05, 0.1) is 18.0 Å². The second kappa shape index (κ2) is 6.16. The smallest absolute Gasteiger partial charge is 0.205 e. The molecule has 3 rings (SSSR count). The van der Waals surface area contributed by atoms with E-state index in [1.54, 1.807) is 0 Å². The maximum absolute atomic E-state index is 12.1. The molecule has 2 aromatic rings. The van der Waals surface area contributed by atoms with E-state index in [4.69, 9.17) is 0 Å². The van der Waals surface area contributed by atoms with E-state index in [0.29, 0.717) is 6.42 Å². The van der Waals surface area contributed by atoms with Crippen molar-refractivity contribution >= 4 is 15.7 Å². The first kappa shape index (κ1) is 15.7. The lowest BCUT2D eigenvalue weighted by atomic mass is 9.98. The van der Waals surface area contributed by atoms with E-state index < -0.39 is 10.0 Å². The van der Waals surface area contributed by atoms with Gasteiger partial charge in [-0.15, -0.1) is 0 Å². The molecule has 2 aromatic carbocycles. The Morgan fingerprint density at radius 3 is 2.30 bits per heavy atom. The summed E-state index contributed by atoms with van der Waals surface area (Å²) in [7, 11) is -3.41. The molecule has 0 aromatic heterocycles. The number of hydrogen-bond donors (Lipinski definition) is 0. The Hall–Kier alpha value is -2.14. The van der Waals surface area contributed by atoms with Gasteiger partial charge in [-0.3, -0.25) is 0 Å². The Morgan fingerprint density at radius 1 is 1.09 bits per heavy atom. The average molecular weight is 328 g/mol. The van der Waals surface area contributed by atoms with Gasteiger partial charge in [0.2, 0.25) is 10.0 Å². The Morgan fingerprint density at radius 2 is 1.74 bits per heavy atom. The minimum atomic E-state index is -3.41. The summed E-state index contributed by atoms with van der Waals surface area (Å²) in [5, 5.41) is 4.40. The lowest BCUT2D eigenvalue weighted by Crippen LogP contribution is -2.25. The zero-order valence-electron chi connectivity index (χ0n) is 13.3. The summed E-state index contributed by atoms with van der Waals surface area (Å²) >= 11 is 0. The van der Waals surface area contributed by atoms with Crippen molar-refractivity contribution in [1.29, 1.82) is 0 Å². The molecular weight excluding hydrogens is 308 g/mol. The number of hydrogen-bond acceptors (Lipinski definition) is 3. The number of benzene rings is 2. The largest absolute Gasteiger partial charge is 0.247 e. The molecule has 0 aliphatic carbocycles. The van der Waals surface area contributed by atoms with Gasteiger partial charge < -0.3 is 0 Å². The van der Waals surface area contributed by atoms with Gasteiger partial charge in [0.15, 0.2) is 0 Å². The SMILES string of the molecule is CCc1ccc(C2=NN(S(C)(=O)=O)C(c3ccccc3)C2)cc1. The fraction of sp³-hybridized carbons (Fsp3) is 0.278. The topological polar surface area (TPSA) is 49.7 Å². The molecule has 0 radical (unpaired) electrons. The van der Waals surface area contributed by atoms with Crippen molar-refractivity contribution in [2.24, 2.45) is 5.10 Å². The van der Waals surface area contributed by atoms with Crippen LogP contribution in [0.2, 0.25) is 0 Å². The highest BCUT2D eigenvalue weighted by Gasteiger charge is 2.34. The van der Waals surface area contributed by atoms with E-state index in [9.17, 15) is 8.42 Å².